The Morgan fingerprint density at radius 3 is 2.64 bits per heavy atom. The maximum Gasteiger partial charge on any atom is 0.270 e. The number of furan rings is 1. The number of H-pyrrole nitrogens is 1. The van der Waals surface area contributed by atoms with Crippen LogP contribution in [0.5, 0.6) is 0 Å². The molecule has 42 heavy (non-hydrogen) atoms. The van der Waals surface area contributed by atoms with Crippen molar-refractivity contribution < 1.29 is 26.8 Å². The molecule has 1 saturated heterocycles. The smallest absolute Gasteiger partial charge is 0.270 e. The number of carbonyl (C=O) groups is 2. The van der Waals surface area contributed by atoms with Gasteiger partial charge in [0.2, 0.25) is 10.0 Å². The quantitative estimate of drug-likeness (QED) is 0.259. The van der Waals surface area contributed by atoms with Gasteiger partial charge in [0.05, 0.1) is 17.5 Å². The molecule has 3 aromatic heterocycles. The van der Waals surface area contributed by atoms with E-state index in [2.05, 4.69) is 20.0 Å². The molecule has 1 aliphatic heterocycles. The molecule has 0 aliphatic carbocycles. The Balaban J connectivity index is 1.44. The number of hydrogen-bond acceptors (Lipinski definition) is 6. The number of aromatic nitrogens is 2. The molecule has 216 valence electrons. The molecule has 3 N–H and O–H groups in total. The molecule has 1 atom stereocenters. The van der Waals surface area contributed by atoms with Gasteiger partial charge in [-0.1, -0.05) is 0 Å². The Hall–Kier alpha value is -4.71. The van der Waals surface area contributed by atoms with Crippen molar-refractivity contribution in [2.24, 2.45) is 0 Å². The van der Waals surface area contributed by atoms with Gasteiger partial charge in [-0.2, -0.15) is 0 Å². The van der Waals surface area contributed by atoms with E-state index < -0.39 is 21.7 Å². The van der Waals surface area contributed by atoms with Gasteiger partial charge in [-0.05, 0) is 66.9 Å². The van der Waals surface area contributed by atoms with Crippen molar-refractivity contribution in [2.45, 2.75) is 18.8 Å². The summed E-state index contributed by atoms with van der Waals surface area (Å²) in [5.41, 5.74) is 3.03. The molecule has 4 heterocycles. The average molecular weight is 590 g/mol. The normalized spacial score (nSPS) is 15.7. The lowest BCUT2D eigenvalue weighted by Crippen LogP contribution is -2.39. The molecule has 1 fully saturated rings. The number of piperidine rings is 1. The standard InChI is InChI=1S/C30H28FN5O5S/c1-32-29(37)26-22-14-21(19-6-4-12-36(16-19)30(38)24-13-18-5-3-11-33-28(18)34-24)23(35-42(2,39)40)15-25(22)41-27(26)17-7-9-20(31)10-8-17/h3,5,7-11,13-15,19,35H,4,6,12,16H2,1-2H3,(H,32,37)(H,33,34)/t19-/m1/s1. The van der Waals surface area contributed by atoms with Crippen molar-refractivity contribution in [3.05, 3.63) is 83.4 Å². The molecule has 1 aliphatic rings. The predicted octanol–water partition coefficient (Wildman–Crippen LogP) is 4.87. The van der Waals surface area contributed by atoms with E-state index in [-0.39, 0.29) is 28.7 Å². The number of aromatic amines is 1. The highest BCUT2D eigenvalue weighted by Gasteiger charge is 2.30. The van der Waals surface area contributed by atoms with Gasteiger partial charge in [-0.25, -0.2) is 17.8 Å². The summed E-state index contributed by atoms with van der Waals surface area (Å²) >= 11 is 0. The van der Waals surface area contributed by atoms with Crippen molar-refractivity contribution >= 4 is 49.5 Å². The van der Waals surface area contributed by atoms with Gasteiger partial charge in [0.1, 0.15) is 28.5 Å². The number of likely N-dealkylation sites (tertiary alicyclic amines) is 1. The number of nitrogens with zero attached hydrogens (tertiary/aromatic N) is 2. The van der Waals surface area contributed by atoms with Crippen LogP contribution in [-0.4, -0.2) is 61.5 Å². The maximum absolute atomic E-state index is 13.6. The summed E-state index contributed by atoms with van der Waals surface area (Å²) in [7, 11) is -2.18. The Morgan fingerprint density at radius 1 is 1.14 bits per heavy atom. The topological polar surface area (TPSA) is 137 Å². The van der Waals surface area contributed by atoms with E-state index in [0.717, 1.165) is 11.6 Å². The number of pyridine rings is 1. The number of rotatable bonds is 6. The van der Waals surface area contributed by atoms with E-state index in [4.69, 9.17) is 4.42 Å². The maximum atomic E-state index is 13.6. The fourth-order valence-corrected chi connectivity index (χ4v) is 6.18. The van der Waals surface area contributed by atoms with E-state index in [1.165, 1.54) is 31.3 Å². The third-order valence-corrected chi connectivity index (χ3v) is 8.08. The summed E-state index contributed by atoms with van der Waals surface area (Å²) in [6.07, 6.45) is 4.10. The van der Waals surface area contributed by atoms with Gasteiger partial charge in [0.15, 0.2) is 0 Å². The van der Waals surface area contributed by atoms with Gasteiger partial charge in [-0.15, -0.1) is 0 Å². The van der Waals surface area contributed by atoms with E-state index in [0.29, 0.717) is 59.5 Å². The number of sulfonamides is 1. The van der Waals surface area contributed by atoms with Crippen LogP contribution in [0.25, 0.3) is 33.3 Å². The molecule has 12 heteroatoms. The summed E-state index contributed by atoms with van der Waals surface area (Å²) < 4.78 is 47.1. The van der Waals surface area contributed by atoms with E-state index in [1.54, 1.807) is 35.4 Å². The first-order valence-corrected chi connectivity index (χ1v) is 15.3. The molecule has 0 spiro atoms. The number of carbonyl (C=O) groups excluding carboxylic acids is 2. The fourth-order valence-electron chi connectivity index (χ4n) is 5.60. The minimum Gasteiger partial charge on any atom is -0.455 e. The second-order valence-electron chi connectivity index (χ2n) is 10.4. The van der Waals surface area contributed by atoms with Crippen LogP contribution in [0.2, 0.25) is 0 Å². The third kappa shape index (κ3) is 5.20. The SMILES string of the molecule is CNC(=O)c1c(-c2ccc(F)cc2)oc2cc(NS(C)(=O)=O)c([C@@H]3CCCN(C(=O)c4cc5cccnc5[nH]4)C3)cc12. The second-order valence-corrected chi connectivity index (χ2v) is 12.2. The Kier molecular flexibility index (Phi) is 6.93. The molecule has 5 aromatic rings. The van der Waals surface area contributed by atoms with E-state index in [1.807, 2.05) is 6.07 Å². The third-order valence-electron chi connectivity index (χ3n) is 7.49. The van der Waals surface area contributed by atoms with Crippen molar-refractivity contribution in [1.29, 1.82) is 0 Å². The van der Waals surface area contributed by atoms with Crippen LogP contribution < -0.4 is 10.0 Å². The van der Waals surface area contributed by atoms with Crippen molar-refractivity contribution in [3.63, 3.8) is 0 Å². The zero-order valence-electron chi connectivity index (χ0n) is 22.9. The number of fused-ring (bicyclic) bond motifs is 2. The molecule has 2 aromatic carbocycles. The van der Waals surface area contributed by atoms with Crippen LogP contribution in [-0.2, 0) is 10.0 Å². The van der Waals surface area contributed by atoms with Gasteiger partial charge >= 0.3 is 0 Å². The Bertz CT molecular complexity index is 1920. The van der Waals surface area contributed by atoms with Gasteiger partial charge in [0, 0.05) is 54.7 Å². The largest absolute Gasteiger partial charge is 0.455 e. The number of benzene rings is 2. The highest BCUT2D eigenvalue weighted by molar-refractivity contribution is 7.92. The molecule has 6 rings (SSSR count). The summed E-state index contributed by atoms with van der Waals surface area (Å²) in [5.74, 6) is -1.02. The Morgan fingerprint density at radius 2 is 1.93 bits per heavy atom. The van der Waals surface area contributed by atoms with Crippen LogP contribution in [0.1, 0.15) is 45.2 Å². The molecule has 10 nitrogen and oxygen atoms in total. The molecule has 2 amide bonds. The van der Waals surface area contributed by atoms with Crippen molar-refractivity contribution in [3.8, 4) is 11.3 Å². The lowest BCUT2D eigenvalue weighted by Gasteiger charge is -2.33. The molecule has 0 saturated carbocycles. The first kappa shape index (κ1) is 27.5. The zero-order valence-corrected chi connectivity index (χ0v) is 23.7. The molecule has 0 radical (unpaired) electrons. The Labute approximate surface area is 241 Å². The first-order valence-electron chi connectivity index (χ1n) is 13.4. The number of nitrogens with one attached hydrogen (secondary N) is 3. The number of halogens is 1. The van der Waals surface area contributed by atoms with Crippen molar-refractivity contribution in [1.82, 2.24) is 20.2 Å². The summed E-state index contributed by atoms with van der Waals surface area (Å²) in [4.78, 5) is 35.7. The van der Waals surface area contributed by atoms with Crippen LogP contribution in [0.4, 0.5) is 10.1 Å². The number of anilines is 1. The van der Waals surface area contributed by atoms with Gasteiger partial charge in [0.25, 0.3) is 11.8 Å². The van der Waals surface area contributed by atoms with Crippen LogP contribution in [0.15, 0.2) is 65.2 Å². The van der Waals surface area contributed by atoms with Crippen LogP contribution in [0.3, 0.4) is 0 Å². The first-order chi connectivity index (χ1) is 20.1. The lowest BCUT2D eigenvalue weighted by atomic mass is 9.88. The molecule has 0 bridgehead atoms. The minimum absolute atomic E-state index is 0.177. The minimum atomic E-state index is -3.68. The van der Waals surface area contributed by atoms with Crippen molar-refractivity contribution in [2.75, 3.05) is 31.1 Å². The van der Waals surface area contributed by atoms with Crippen LogP contribution in [0, 0.1) is 5.82 Å². The zero-order chi connectivity index (χ0) is 29.6. The molecule has 0 unspecified atom stereocenters. The van der Waals surface area contributed by atoms with E-state index in [9.17, 15) is 22.4 Å². The monoisotopic (exact) mass is 589 g/mol. The summed E-state index contributed by atoms with van der Waals surface area (Å²) in [5, 5.41) is 3.95. The lowest BCUT2D eigenvalue weighted by molar-refractivity contribution is 0.0702. The fraction of sp³-hybridized carbons (Fsp3) is 0.233. The van der Waals surface area contributed by atoms with Gasteiger partial charge < -0.3 is 19.6 Å². The molecular weight excluding hydrogens is 561 g/mol. The highest BCUT2D eigenvalue weighted by atomic mass is 32.2. The van der Waals surface area contributed by atoms with Crippen LogP contribution >= 0.6 is 0 Å². The molecular formula is C30H28FN5O5S. The second kappa shape index (κ2) is 10.6. The summed E-state index contributed by atoms with van der Waals surface area (Å²) in [6, 6.07) is 14.4. The summed E-state index contributed by atoms with van der Waals surface area (Å²) in [6.45, 7) is 0.878. The highest BCUT2D eigenvalue weighted by Crippen LogP contribution is 2.41. The predicted molar refractivity (Wildman–Crippen MR) is 157 cm³/mol. The van der Waals surface area contributed by atoms with E-state index >= 15 is 0 Å². The average Bonchev–Trinajstić information content (AvgIpc) is 3.57. The van der Waals surface area contributed by atoms with Gasteiger partial charge in [-0.3, -0.25) is 14.3 Å². The number of amides is 2. The number of hydrogen-bond donors (Lipinski definition) is 3.